The van der Waals surface area contributed by atoms with Crippen LogP contribution in [0.4, 0.5) is 4.79 Å². The molecule has 1 aromatic rings. The van der Waals surface area contributed by atoms with Gasteiger partial charge < -0.3 is 15.2 Å². The third-order valence-corrected chi connectivity index (χ3v) is 3.83. The predicted octanol–water partition coefficient (Wildman–Crippen LogP) is 2.49. The molecule has 1 atom stereocenters. The summed E-state index contributed by atoms with van der Waals surface area (Å²) in [5.41, 5.74) is 5.90. The average molecular weight is 292 g/mol. The Balaban J connectivity index is 2.32. The first-order valence-electron chi connectivity index (χ1n) is 7.18. The molecule has 1 amide bonds. The highest BCUT2D eigenvalue weighted by atomic mass is 16.6. The highest BCUT2D eigenvalue weighted by Crippen LogP contribution is 2.44. The molecule has 0 aromatic heterocycles. The van der Waals surface area contributed by atoms with E-state index >= 15 is 0 Å². The number of carbonyl (C=O) groups is 1. The maximum atomic E-state index is 12.4. The lowest BCUT2D eigenvalue weighted by Gasteiger charge is -2.52. The van der Waals surface area contributed by atoms with Crippen LogP contribution in [0, 0.1) is 0 Å². The van der Waals surface area contributed by atoms with Crippen molar-refractivity contribution in [2.24, 2.45) is 5.73 Å². The molecule has 1 unspecified atom stereocenters. The highest BCUT2D eigenvalue weighted by molar-refractivity contribution is 5.71. The zero-order valence-corrected chi connectivity index (χ0v) is 13.2. The van der Waals surface area contributed by atoms with Crippen molar-refractivity contribution in [2.45, 2.75) is 38.3 Å². The summed E-state index contributed by atoms with van der Waals surface area (Å²) in [6.45, 7) is 6.56. The number of likely N-dealkylation sites (tertiary alicyclic amines) is 1. The molecule has 5 heteroatoms. The summed E-state index contributed by atoms with van der Waals surface area (Å²) in [5.74, 6) is 0.746. The number of benzene rings is 1. The molecule has 1 aliphatic rings. The lowest BCUT2D eigenvalue weighted by molar-refractivity contribution is -0.0447. The molecule has 1 fully saturated rings. The molecule has 116 valence electrons. The van der Waals surface area contributed by atoms with Crippen LogP contribution < -0.4 is 10.5 Å². The van der Waals surface area contributed by atoms with Gasteiger partial charge in [-0.25, -0.2) is 4.79 Å². The van der Waals surface area contributed by atoms with Gasteiger partial charge in [0, 0.05) is 18.7 Å². The fraction of sp³-hybridized carbons (Fsp3) is 0.562. The monoisotopic (exact) mass is 292 g/mol. The van der Waals surface area contributed by atoms with Crippen molar-refractivity contribution < 1.29 is 14.3 Å². The van der Waals surface area contributed by atoms with Crippen LogP contribution in [-0.4, -0.2) is 36.8 Å². The molecule has 2 N–H and O–H groups in total. The Morgan fingerprint density at radius 2 is 2.05 bits per heavy atom. The number of amides is 1. The van der Waals surface area contributed by atoms with E-state index in [-0.39, 0.29) is 6.09 Å². The topological polar surface area (TPSA) is 64.8 Å². The van der Waals surface area contributed by atoms with Gasteiger partial charge in [0.05, 0.1) is 12.6 Å². The largest absolute Gasteiger partial charge is 0.496 e. The first-order chi connectivity index (χ1) is 9.84. The summed E-state index contributed by atoms with van der Waals surface area (Å²) in [5, 5.41) is 0. The Bertz CT molecular complexity index is 520. The minimum Gasteiger partial charge on any atom is -0.496 e. The van der Waals surface area contributed by atoms with Crippen molar-refractivity contribution in [1.82, 2.24) is 4.90 Å². The van der Waals surface area contributed by atoms with Gasteiger partial charge in [-0.05, 0) is 33.3 Å². The molecule has 5 nitrogen and oxygen atoms in total. The molecule has 21 heavy (non-hydrogen) atoms. The van der Waals surface area contributed by atoms with Gasteiger partial charge in [-0.2, -0.15) is 0 Å². The van der Waals surface area contributed by atoms with Crippen LogP contribution in [0.3, 0.4) is 0 Å². The molecular formula is C16H24N2O3. The van der Waals surface area contributed by atoms with Gasteiger partial charge in [-0.15, -0.1) is 0 Å². The Morgan fingerprint density at radius 1 is 1.38 bits per heavy atom. The van der Waals surface area contributed by atoms with Crippen LogP contribution in [-0.2, 0) is 10.3 Å². The standard InChI is InChI=1S/C16H24N2O3/c1-15(2,3)21-14(19)18-10-9-16(18,11-17)12-7-5-6-8-13(12)20-4/h5-8H,9-11,17H2,1-4H3. The minimum absolute atomic E-state index is 0.329. The third kappa shape index (κ3) is 2.83. The number of hydrogen-bond donors (Lipinski definition) is 1. The first-order valence-corrected chi connectivity index (χ1v) is 7.18. The lowest BCUT2D eigenvalue weighted by atomic mass is 9.78. The van der Waals surface area contributed by atoms with E-state index in [9.17, 15) is 4.79 Å². The maximum absolute atomic E-state index is 12.4. The number of carbonyl (C=O) groups excluding carboxylic acids is 1. The summed E-state index contributed by atoms with van der Waals surface area (Å²) in [6.07, 6.45) is 0.480. The second kappa shape index (κ2) is 5.56. The van der Waals surface area contributed by atoms with Crippen molar-refractivity contribution >= 4 is 6.09 Å². The molecule has 1 aliphatic heterocycles. The number of ether oxygens (including phenoxy) is 2. The minimum atomic E-state index is -0.533. The van der Waals surface area contributed by atoms with E-state index in [2.05, 4.69) is 0 Å². The Labute approximate surface area is 126 Å². The number of nitrogens with zero attached hydrogens (tertiary/aromatic N) is 1. The smallest absolute Gasteiger partial charge is 0.411 e. The van der Waals surface area contributed by atoms with Gasteiger partial charge in [0.2, 0.25) is 0 Å². The van der Waals surface area contributed by atoms with Crippen molar-refractivity contribution in [1.29, 1.82) is 0 Å². The van der Waals surface area contributed by atoms with Crippen molar-refractivity contribution in [3.8, 4) is 5.75 Å². The predicted molar refractivity (Wildman–Crippen MR) is 81.3 cm³/mol. The van der Waals surface area contributed by atoms with Crippen molar-refractivity contribution in [3.05, 3.63) is 29.8 Å². The number of rotatable bonds is 3. The lowest BCUT2D eigenvalue weighted by Crippen LogP contribution is -2.64. The fourth-order valence-corrected chi connectivity index (χ4v) is 2.71. The molecule has 0 bridgehead atoms. The molecular weight excluding hydrogens is 268 g/mol. The van der Waals surface area contributed by atoms with Crippen LogP contribution in [0.25, 0.3) is 0 Å². The third-order valence-electron chi connectivity index (χ3n) is 3.83. The van der Waals surface area contributed by atoms with E-state index in [1.54, 1.807) is 12.0 Å². The zero-order valence-electron chi connectivity index (χ0n) is 13.2. The zero-order chi connectivity index (χ0) is 15.7. The van der Waals surface area contributed by atoms with Gasteiger partial charge in [0.25, 0.3) is 0 Å². The first kappa shape index (κ1) is 15.6. The Morgan fingerprint density at radius 3 is 2.52 bits per heavy atom. The van der Waals surface area contributed by atoms with E-state index < -0.39 is 11.1 Å². The van der Waals surface area contributed by atoms with Crippen LogP contribution in [0.2, 0.25) is 0 Å². The second-order valence-corrected chi connectivity index (χ2v) is 6.32. The van der Waals surface area contributed by atoms with Gasteiger partial charge in [0.1, 0.15) is 11.4 Å². The summed E-state index contributed by atoms with van der Waals surface area (Å²) in [6, 6.07) is 7.68. The summed E-state index contributed by atoms with van der Waals surface area (Å²) in [7, 11) is 1.62. The molecule has 1 heterocycles. The molecule has 0 radical (unpaired) electrons. The van der Waals surface area contributed by atoms with E-state index in [4.69, 9.17) is 15.2 Å². The van der Waals surface area contributed by atoms with E-state index in [0.717, 1.165) is 17.7 Å². The summed E-state index contributed by atoms with van der Waals surface area (Å²) < 4.78 is 10.9. The molecule has 2 rings (SSSR count). The Kier molecular flexibility index (Phi) is 4.14. The van der Waals surface area contributed by atoms with Crippen LogP contribution in [0.5, 0.6) is 5.75 Å². The molecule has 0 spiro atoms. The van der Waals surface area contributed by atoms with E-state index in [1.165, 1.54) is 0 Å². The van der Waals surface area contributed by atoms with E-state index in [0.29, 0.717) is 13.1 Å². The van der Waals surface area contributed by atoms with Crippen LogP contribution in [0.15, 0.2) is 24.3 Å². The van der Waals surface area contributed by atoms with Crippen molar-refractivity contribution in [2.75, 3.05) is 20.2 Å². The average Bonchev–Trinajstić information content (AvgIpc) is 2.37. The maximum Gasteiger partial charge on any atom is 0.411 e. The molecule has 0 aliphatic carbocycles. The Hall–Kier alpha value is -1.75. The highest BCUT2D eigenvalue weighted by Gasteiger charge is 2.50. The van der Waals surface area contributed by atoms with Crippen LogP contribution in [0.1, 0.15) is 32.8 Å². The summed E-state index contributed by atoms with van der Waals surface area (Å²) >= 11 is 0. The van der Waals surface area contributed by atoms with Gasteiger partial charge in [0.15, 0.2) is 0 Å². The van der Waals surface area contributed by atoms with Crippen molar-refractivity contribution in [3.63, 3.8) is 0 Å². The summed E-state index contributed by atoms with van der Waals surface area (Å²) in [4.78, 5) is 14.1. The molecule has 1 aromatic carbocycles. The number of methoxy groups -OCH3 is 1. The normalized spacial score (nSPS) is 21.7. The fourth-order valence-electron chi connectivity index (χ4n) is 2.71. The van der Waals surface area contributed by atoms with Gasteiger partial charge in [-0.1, -0.05) is 18.2 Å². The SMILES string of the molecule is COc1ccccc1C1(CN)CCN1C(=O)OC(C)(C)C. The van der Waals surface area contributed by atoms with Gasteiger partial charge in [-0.3, -0.25) is 4.90 Å². The number of nitrogens with two attached hydrogens (primary N) is 1. The molecule has 0 saturated carbocycles. The second-order valence-electron chi connectivity index (χ2n) is 6.32. The van der Waals surface area contributed by atoms with E-state index in [1.807, 2.05) is 45.0 Å². The van der Waals surface area contributed by atoms with Crippen LogP contribution >= 0.6 is 0 Å². The molecule has 1 saturated heterocycles. The quantitative estimate of drug-likeness (QED) is 0.929. The van der Waals surface area contributed by atoms with Gasteiger partial charge >= 0.3 is 6.09 Å². The number of hydrogen-bond acceptors (Lipinski definition) is 4. The number of para-hydroxylation sites is 1.